The average molecular weight is 643 g/mol. The van der Waals surface area contributed by atoms with Gasteiger partial charge in [-0.05, 0) is 38.1 Å². The molecule has 1 N–H and O–H groups in total. The summed E-state index contributed by atoms with van der Waals surface area (Å²) < 4.78 is 12.4. The number of para-hydroxylation sites is 4. The molecule has 4 aromatic rings. The van der Waals surface area contributed by atoms with E-state index in [-0.39, 0.29) is 31.6 Å². The molecule has 0 amide bonds. The summed E-state index contributed by atoms with van der Waals surface area (Å²) in [5.74, 6) is 2.83. The van der Waals surface area contributed by atoms with Gasteiger partial charge in [-0.2, -0.15) is 0 Å². The van der Waals surface area contributed by atoms with Crippen LogP contribution in [0, 0.1) is 6.07 Å². The Balaban J connectivity index is 0.000000320. The second-order valence-electron chi connectivity index (χ2n) is 7.69. The summed E-state index contributed by atoms with van der Waals surface area (Å²) in [4.78, 5) is 20.7. The second-order valence-corrected chi connectivity index (χ2v) is 7.69. The van der Waals surface area contributed by atoms with Crippen LogP contribution in [0.5, 0.6) is 23.0 Å². The zero-order valence-corrected chi connectivity index (χ0v) is 21.2. The summed E-state index contributed by atoms with van der Waals surface area (Å²) in [7, 11) is 0. The number of anilines is 3. The first-order valence-corrected chi connectivity index (χ1v) is 10.6. The van der Waals surface area contributed by atoms with Crippen molar-refractivity contribution in [2.75, 3.05) is 4.90 Å². The normalized spacial score (nSPS) is 12.3. The van der Waals surface area contributed by atoms with Crippen LogP contribution in [0.2, 0.25) is 0 Å². The van der Waals surface area contributed by atoms with Crippen molar-refractivity contribution in [3.63, 3.8) is 0 Å². The number of carbonyl (C=O) groups is 1. The van der Waals surface area contributed by atoms with Crippen molar-refractivity contribution in [2.24, 2.45) is 0 Å². The molecule has 177 valence electrons. The fourth-order valence-corrected chi connectivity index (χ4v) is 3.82. The molecule has 2 aliphatic heterocycles. The molecule has 3 heterocycles. The largest absolute Gasteiger partial charge is 0.512 e. The number of aromatic nitrogens is 2. The van der Waals surface area contributed by atoms with Gasteiger partial charge in [-0.1, -0.05) is 36.4 Å². The van der Waals surface area contributed by atoms with Crippen LogP contribution in [0.3, 0.4) is 0 Å². The Morgan fingerprint density at radius 3 is 2.20 bits per heavy atom. The number of allylic oxidation sites excluding steroid dienone is 2. The summed E-state index contributed by atoms with van der Waals surface area (Å²) >= 11 is 0. The van der Waals surface area contributed by atoms with Gasteiger partial charge in [-0.3, -0.25) is 9.78 Å². The van der Waals surface area contributed by atoms with Gasteiger partial charge in [0.25, 0.3) is 0 Å². The van der Waals surface area contributed by atoms with Crippen LogP contribution in [0.25, 0.3) is 11.3 Å². The molecule has 3 aromatic carbocycles. The van der Waals surface area contributed by atoms with Gasteiger partial charge in [0.1, 0.15) is 11.5 Å². The smallest absolute Gasteiger partial charge is 0.155 e. The molecular formula is C27H20IrN3O4-. The van der Waals surface area contributed by atoms with Gasteiger partial charge < -0.3 is 24.5 Å². The van der Waals surface area contributed by atoms with Gasteiger partial charge in [0, 0.05) is 56.2 Å². The van der Waals surface area contributed by atoms with Gasteiger partial charge in [0.05, 0.1) is 28.6 Å². The number of ketones is 1. The minimum Gasteiger partial charge on any atom is -0.512 e. The van der Waals surface area contributed by atoms with Crippen LogP contribution >= 0.6 is 0 Å². The van der Waals surface area contributed by atoms with E-state index in [1.54, 1.807) is 18.6 Å². The Hall–Kier alpha value is -4.00. The fraction of sp³-hybridized carbons (Fsp3) is 0.0741. The Labute approximate surface area is 216 Å². The maximum Gasteiger partial charge on any atom is 0.155 e. The summed E-state index contributed by atoms with van der Waals surface area (Å²) in [6.07, 6.45) is 6.18. The number of nitrogens with zero attached hydrogens (tertiary/aromatic N) is 3. The minimum absolute atomic E-state index is 0. The van der Waals surface area contributed by atoms with Crippen molar-refractivity contribution < 1.29 is 39.5 Å². The van der Waals surface area contributed by atoms with Crippen molar-refractivity contribution in [3.8, 4) is 34.3 Å². The van der Waals surface area contributed by atoms with Gasteiger partial charge in [0.15, 0.2) is 5.78 Å². The van der Waals surface area contributed by atoms with Crippen LogP contribution in [-0.2, 0) is 24.9 Å². The third-order valence-corrected chi connectivity index (χ3v) is 5.09. The molecule has 35 heavy (non-hydrogen) atoms. The number of hydrogen-bond donors (Lipinski definition) is 1. The summed E-state index contributed by atoms with van der Waals surface area (Å²) in [6.45, 7) is 2.85. The molecule has 8 heteroatoms. The maximum absolute atomic E-state index is 10.0. The molecule has 0 unspecified atom stereocenters. The Morgan fingerprint density at radius 1 is 0.971 bits per heavy atom. The Kier molecular flexibility index (Phi) is 6.96. The van der Waals surface area contributed by atoms with Crippen LogP contribution in [0.4, 0.5) is 17.1 Å². The first kappa shape index (κ1) is 24.1. The van der Waals surface area contributed by atoms with Gasteiger partial charge >= 0.3 is 0 Å². The first-order chi connectivity index (χ1) is 16.5. The SMILES string of the molecule is CC(=O)/C=C(/C)O.[Ir].[c-]1c(-c2cnccn2)cc2c3c1Oc1ccccc1N3c1ccccc1O2. The van der Waals surface area contributed by atoms with Crippen molar-refractivity contribution in [1.29, 1.82) is 0 Å². The molecule has 1 aromatic heterocycles. The predicted octanol–water partition coefficient (Wildman–Crippen LogP) is 6.66. The van der Waals surface area contributed by atoms with Gasteiger partial charge in [-0.15, -0.1) is 5.56 Å². The van der Waals surface area contributed by atoms with Crippen LogP contribution in [0.15, 0.2) is 85.0 Å². The molecule has 1 radical (unpaired) electrons. The van der Waals surface area contributed by atoms with Crippen molar-refractivity contribution >= 4 is 22.8 Å². The number of hydrogen-bond acceptors (Lipinski definition) is 7. The van der Waals surface area contributed by atoms with E-state index in [9.17, 15) is 4.79 Å². The fourth-order valence-electron chi connectivity index (χ4n) is 3.82. The van der Waals surface area contributed by atoms with Gasteiger partial charge in [0.2, 0.25) is 0 Å². The van der Waals surface area contributed by atoms with Crippen molar-refractivity contribution in [3.05, 3.63) is 91.1 Å². The molecule has 0 fully saturated rings. The number of carbonyl (C=O) groups excluding carboxylic acids is 1. The van der Waals surface area contributed by atoms with Crippen molar-refractivity contribution in [1.82, 2.24) is 9.97 Å². The third-order valence-electron chi connectivity index (χ3n) is 5.09. The van der Waals surface area contributed by atoms with Gasteiger partial charge in [-0.25, -0.2) is 0 Å². The van der Waals surface area contributed by atoms with Crippen molar-refractivity contribution in [2.45, 2.75) is 13.8 Å². The van der Waals surface area contributed by atoms with Crippen LogP contribution in [0.1, 0.15) is 13.8 Å². The number of benzene rings is 3. The molecule has 0 saturated heterocycles. The number of fused-ring (bicyclic) bond motifs is 4. The number of ether oxygens (including phenoxy) is 2. The zero-order chi connectivity index (χ0) is 23.7. The standard InChI is InChI=1S/C22H12N3O2.C5H8O2.Ir/c1-3-7-18-16(5-1)25-17-6-2-4-8-19(17)27-21-12-14(11-20(26-18)22(21)25)15-13-23-9-10-24-15;1-4(6)3-5(2)7;/h1-11,13H;3,6H,1-2H3;/q-1;;/b;4-3-;. The quantitative estimate of drug-likeness (QED) is 0.129. The van der Waals surface area contributed by atoms with E-state index in [1.807, 2.05) is 54.6 Å². The molecule has 0 saturated carbocycles. The minimum atomic E-state index is -0.125. The molecule has 2 aliphatic rings. The number of aliphatic hydroxyl groups is 1. The van der Waals surface area contributed by atoms with E-state index in [2.05, 4.69) is 20.9 Å². The molecule has 7 nitrogen and oxygen atoms in total. The van der Waals surface area contributed by atoms with Crippen LogP contribution < -0.4 is 14.4 Å². The molecule has 0 spiro atoms. The Bertz CT molecular complexity index is 1350. The summed E-state index contributed by atoms with van der Waals surface area (Å²) in [5.41, 5.74) is 4.29. The first-order valence-electron chi connectivity index (χ1n) is 10.6. The number of aliphatic hydroxyl groups excluding tert-OH is 1. The topological polar surface area (TPSA) is 84.8 Å². The summed E-state index contributed by atoms with van der Waals surface area (Å²) in [5, 5.41) is 8.36. The number of rotatable bonds is 2. The average Bonchev–Trinajstić information content (AvgIpc) is 2.83. The van der Waals surface area contributed by atoms with E-state index in [0.717, 1.165) is 34.1 Å². The van der Waals surface area contributed by atoms with Crippen LogP contribution in [-0.4, -0.2) is 20.9 Å². The van der Waals surface area contributed by atoms with E-state index >= 15 is 0 Å². The van der Waals surface area contributed by atoms with E-state index in [0.29, 0.717) is 17.2 Å². The molecule has 6 rings (SSSR count). The summed E-state index contributed by atoms with van der Waals surface area (Å²) in [6, 6.07) is 21.2. The monoisotopic (exact) mass is 643 g/mol. The molecule has 0 atom stereocenters. The molecular weight excluding hydrogens is 623 g/mol. The zero-order valence-electron chi connectivity index (χ0n) is 18.9. The molecule has 0 aliphatic carbocycles. The Morgan fingerprint density at radius 2 is 1.63 bits per heavy atom. The second kappa shape index (κ2) is 10.1. The third kappa shape index (κ3) is 4.80. The predicted molar refractivity (Wildman–Crippen MR) is 128 cm³/mol. The molecule has 0 bridgehead atoms. The van der Waals surface area contributed by atoms with E-state index in [4.69, 9.17) is 14.6 Å². The van der Waals surface area contributed by atoms with E-state index in [1.165, 1.54) is 19.9 Å². The van der Waals surface area contributed by atoms with E-state index < -0.39 is 0 Å². The maximum atomic E-state index is 10.0.